The van der Waals surface area contributed by atoms with Crippen molar-refractivity contribution in [3.05, 3.63) is 0 Å². The van der Waals surface area contributed by atoms with Gasteiger partial charge in [0.2, 0.25) is 0 Å². The van der Waals surface area contributed by atoms with E-state index in [0.29, 0.717) is 12.0 Å². The fraction of sp³-hybridized carbons (Fsp3) is 1.00. The number of hydrogen-bond donors (Lipinski definition) is 1. The first-order valence-electron chi connectivity index (χ1n) is 3.73. The molecule has 0 bridgehead atoms. The Balaban J connectivity index is 2.38. The molecule has 3 nitrogen and oxygen atoms in total. The van der Waals surface area contributed by atoms with Gasteiger partial charge >= 0.3 is 0 Å². The third-order valence-corrected chi connectivity index (χ3v) is 2.25. The molecule has 3 unspecified atom stereocenters. The first kappa shape index (κ1) is 7.98. The molecule has 3 heteroatoms. The zero-order chi connectivity index (χ0) is 7.56. The van der Waals surface area contributed by atoms with Crippen LogP contribution in [0.2, 0.25) is 0 Å². The van der Waals surface area contributed by atoms with Crippen molar-refractivity contribution in [2.75, 3.05) is 6.61 Å². The summed E-state index contributed by atoms with van der Waals surface area (Å²) in [6.07, 6.45) is 1.50. The van der Waals surface area contributed by atoms with Crippen molar-refractivity contribution in [3.8, 4) is 0 Å². The molecule has 0 aromatic heterocycles. The molecule has 1 aliphatic heterocycles. The molecule has 1 heterocycles. The molecule has 0 radical (unpaired) electrons. The summed E-state index contributed by atoms with van der Waals surface area (Å²) in [5.74, 6) is 5.54. The lowest BCUT2D eigenvalue weighted by atomic mass is 9.97. The lowest BCUT2D eigenvalue weighted by Crippen LogP contribution is -2.28. The Bertz CT molecular complexity index is 108. The van der Waals surface area contributed by atoms with Crippen molar-refractivity contribution in [3.63, 3.8) is 0 Å². The molecule has 1 aliphatic rings. The van der Waals surface area contributed by atoms with Crippen molar-refractivity contribution in [1.29, 1.82) is 0 Å². The number of hydrogen-bond acceptors (Lipinski definition) is 3. The van der Waals surface area contributed by atoms with Gasteiger partial charge in [-0.15, -0.1) is 0 Å². The van der Waals surface area contributed by atoms with Crippen LogP contribution in [-0.2, 0) is 9.57 Å². The molecule has 0 saturated carbocycles. The van der Waals surface area contributed by atoms with Gasteiger partial charge in [-0.05, 0) is 20.3 Å². The van der Waals surface area contributed by atoms with Gasteiger partial charge in [0, 0.05) is 12.5 Å². The summed E-state index contributed by atoms with van der Waals surface area (Å²) >= 11 is 0. The summed E-state index contributed by atoms with van der Waals surface area (Å²) in [4.78, 5) is 4.72. The lowest BCUT2D eigenvalue weighted by molar-refractivity contribution is -0.00330. The van der Waals surface area contributed by atoms with Crippen molar-refractivity contribution in [2.45, 2.75) is 32.5 Å². The average molecular weight is 145 g/mol. The summed E-state index contributed by atoms with van der Waals surface area (Å²) in [5, 5.41) is 0. The van der Waals surface area contributed by atoms with Crippen LogP contribution in [0.3, 0.4) is 0 Å². The maximum Gasteiger partial charge on any atom is 0.0812 e. The highest BCUT2D eigenvalue weighted by molar-refractivity contribution is 4.76. The molecular weight excluding hydrogens is 130 g/mol. The van der Waals surface area contributed by atoms with Gasteiger partial charge in [-0.2, -0.15) is 0 Å². The Morgan fingerprint density at radius 1 is 1.70 bits per heavy atom. The summed E-state index contributed by atoms with van der Waals surface area (Å²) in [7, 11) is 0. The van der Waals surface area contributed by atoms with Crippen LogP contribution >= 0.6 is 0 Å². The smallest absolute Gasteiger partial charge is 0.0812 e. The quantitative estimate of drug-likeness (QED) is 0.581. The van der Waals surface area contributed by atoms with E-state index in [4.69, 9.17) is 15.5 Å². The maximum absolute atomic E-state index is 5.35. The molecular formula is C7H15NO2. The van der Waals surface area contributed by atoms with Crippen LogP contribution in [0.15, 0.2) is 0 Å². The number of rotatable bonds is 2. The summed E-state index contributed by atoms with van der Waals surface area (Å²) in [6, 6.07) is 0. The lowest BCUT2D eigenvalue weighted by Gasteiger charge is -2.19. The second-order valence-electron chi connectivity index (χ2n) is 2.87. The normalized spacial score (nSPS) is 36.3. The largest absolute Gasteiger partial charge is 0.378 e. The van der Waals surface area contributed by atoms with Crippen LogP contribution in [-0.4, -0.2) is 18.8 Å². The molecule has 0 spiro atoms. The second-order valence-corrected chi connectivity index (χ2v) is 2.87. The predicted octanol–water partition coefficient (Wildman–Crippen LogP) is 0.690. The predicted molar refractivity (Wildman–Crippen MR) is 38.3 cm³/mol. The highest BCUT2D eigenvalue weighted by atomic mass is 16.6. The van der Waals surface area contributed by atoms with Gasteiger partial charge in [0.05, 0.1) is 12.2 Å². The highest BCUT2D eigenvalue weighted by Gasteiger charge is 2.29. The summed E-state index contributed by atoms with van der Waals surface area (Å²) < 4.78 is 5.35. The molecule has 1 rings (SSSR count). The van der Waals surface area contributed by atoms with E-state index < -0.39 is 0 Å². The third-order valence-electron chi connectivity index (χ3n) is 2.25. The molecule has 0 amide bonds. The Morgan fingerprint density at radius 3 is 2.80 bits per heavy atom. The SMILES string of the molecule is CC(ON)C1CCOC1C. The van der Waals surface area contributed by atoms with Crippen LogP contribution in [0.1, 0.15) is 20.3 Å². The highest BCUT2D eigenvalue weighted by Crippen LogP contribution is 2.24. The summed E-state index contributed by atoms with van der Waals surface area (Å²) in [5.41, 5.74) is 0. The van der Waals surface area contributed by atoms with E-state index >= 15 is 0 Å². The molecule has 1 saturated heterocycles. The van der Waals surface area contributed by atoms with E-state index in [-0.39, 0.29) is 6.10 Å². The molecule has 1 fully saturated rings. The van der Waals surface area contributed by atoms with Crippen LogP contribution in [0.25, 0.3) is 0 Å². The number of nitrogens with two attached hydrogens (primary N) is 1. The van der Waals surface area contributed by atoms with E-state index in [2.05, 4.69) is 6.92 Å². The topological polar surface area (TPSA) is 44.5 Å². The second kappa shape index (κ2) is 3.32. The third kappa shape index (κ3) is 1.48. The van der Waals surface area contributed by atoms with E-state index in [1.807, 2.05) is 6.92 Å². The van der Waals surface area contributed by atoms with Crippen molar-refractivity contribution < 1.29 is 9.57 Å². The van der Waals surface area contributed by atoms with Gasteiger partial charge in [-0.3, -0.25) is 0 Å². The Labute approximate surface area is 61.4 Å². The molecule has 0 aromatic rings. The first-order chi connectivity index (χ1) is 4.75. The van der Waals surface area contributed by atoms with Crippen LogP contribution in [0.5, 0.6) is 0 Å². The van der Waals surface area contributed by atoms with E-state index in [0.717, 1.165) is 13.0 Å². The van der Waals surface area contributed by atoms with Gasteiger partial charge < -0.3 is 9.57 Å². The summed E-state index contributed by atoms with van der Waals surface area (Å²) in [6.45, 7) is 4.89. The van der Waals surface area contributed by atoms with E-state index in [9.17, 15) is 0 Å². The van der Waals surface area contributed by atoms with E-state index in [1.165, 1.54) is 0 Å². The maximum atomic E-state index is 5.35. The molecule has 2 N–H and O–H groups in total. The van der Waals surface area contributed by atoms with Gasteiger partial charge in [0.15, 0.2) is 0 Å². The van der Waals surface area contributed by atoms with Crippen LogP contribution in [0.4, 0.5) is 0 Å². The minimum atomic E-state index is 0.123. The van der Waals surface area contributed by atoms with E-state index in [1.54, 1.807) is 0 Å². The minimum Gasteiger partial charge on any atom is -0.378 e. The Hall–Kier alpha value is -0.120. The first-order valence-corrected chi connectivity index (χ1v) is 3.73. The van der Waals surface area contributed by atoms with Gasteiger partial charge in [0.1, 0.15) is 0 Å². The van der Waals surface area contributed by atoms with Crippen molar-refractivity contribution >= 4 is 0 Å². The Kier molecular flexibility index (Phi) is 2.65. The van der Waals surface area contributed by atoms with Gasteiger partial charge in [-0.25, -0.2) is 5.90 Å². The number of ether oxygens (including phenoxy) is 1. The minimum absolute atomic E-state index is 0.123. The zero-order valence-electron chi connectivity index (χ0n) is 6.54. The molecule has 10 heavy (non-hydrogen) atoms. The fourth-order valence-corrected chi connectivity index (χ4v) is 1.47. The van der Waals surface area contributed by atoms with Crippen molar-refractivity contribution in [2.24, 2.45) is 11.8 Å². The van der Waals surface area contributed by atoms with Crippen LogP contribution < -0.4 is 5.90 Å². The van der Waals surface area contributed by atoms with Gasteiger partial charge in [0.25, 0.3) is 0 Å². The Morgan fingerprint density at radius 2 is 2.40 bits per heavy atom. The van der Waals surface area contributed by atoms with Gasteiger partial charge in [-0.1, -0.05) is 0 Å². The molecule has 0 aliphatic carbocycles. The standard InChI is InChI=1S/C7H15NO2/c1-5-7(3-4-9-5)6(2)10-8/h5-7H,3-4,8H2,1-2H3. The molecule has 3 atom stereocenters. The average Bonchev–Trinajstić information content (AvgIpc) is 2.34. The zero-order valence-corrected chi connectivity index (χ0v) is 6.54. The fourth-order valence-electron chi connectivity index (χ4n) is 1.47. The monoisotopic (exact) mass is 145 g/mol. The molecule has 0 aromatic carbocycles. The van der Waals surface area contributed by atoms with Crippen molar-refractivity contribution in [1.82, 2.24) is 0 Å². The van der Waals surface area contributed by atoms with Crippen LogP contribution in [0, 0.1) is 5.92 Å². The molecule has 60 valence electrons.